The third kappa shape index (κ3) is 2.51. The van der Waals surface area contributed by atoms with Gasteiger partial charge in [-0.3, -0.25) is 0 Å². The number of benzene rings is 2. The first kappa shape index (κ1) is 12.3. The van der Waals surface area contributed by atoms with Gasteiger partial charge >= 0.3 is 0 Å². The van der Waals surface area contributed by atoms with Gasteiger partial charge in [-0.1, -0.05) is 40.2 Å². The van der Waals surface area contributed by atoms with E-state index in [4.69, 9.17) is 9.15 Å². The molecule has 0 unspecified atom stereocenters. The largest absolute Gasteiger partial charge is 0.489 e. The Morgan fingerprint density at radius 1 is 1.16 bits per heavy atom. The van der Waals surface area contributed by atoms with Crippen molar-refractivity contribution in [2.75, 3.05) is 0 Å². The Labute approximate surface area is 120 Å². The first-order valence-corrected chi connectivity index (χ1v) is 6.87. The summed E-state index contributed by atoms with van der Waals surface area (Å²) in [6, 6.07) is 14.0. The van der Waals surface area contributed by atoms with Crippen LogP contribution in [0, 0.1) is 6.92 Å². The second kappa shape index (κ2) is 5.10. The minimum absolute atomic E-state index is 0.507. The fourth-order valence-corrected chi connectivity index (χ4v) is 2.46. The molecule has 0 bridgehead atoms. The molecule has 0 saturated heterocycles. The monoisotopic (exact) mass is 316 g/mol. The van der Waals surface area contributed by atoms with Crippen LogP contribution in [-0.4, -0.2) is 0 Å². The van der Waals surface area contributed by atoms with Gasteiger partial charge < -0.3 is 9.15 Å². The molecule has 1 aromatic heterocycles. The summed E-state index contributed by atoms with van der Waals surface area (Å²) in [5, 5.41) is 1.12. The highest BCUT2D eigenvalue weighted by molar-refractivity contribution is 9.10. The maximum Gasteiger partial charge on any atom is 0.137 e. The lowest BCUT2D eigenvalue weighted by molar-refractivity contribution is 0.306. The van der Waals surface area contributed by atoms with Crippen molar-refractivity contribution in [3.05, 3.63) is 64.3 Å². The Bertz CT molecular complexity index is 716. The Morgan fingerprint density at radius 2 is 2.00 bits per heavy atom. The molecule has 3 aromatic rings. The van der Waals surface area contributed by atoms with Crippen LogP contribution in [0.1, 0.15) is 11.1 Å². The van der Waals surface area contributed by atoms with Crippen LogP contribution < -0.4 is 4.74 Å². The van der Waals surface area contributed by atoms with Crippen molar-refractivity contribution >= 4 is 26.9 Å². The predicted octanol–water partition coefficient (Wildman–Crippen LogP) is 5.08. The molecule has 0 fully saturated rings. The third-order valence-corrected chi connectivity index (χ3v) is 3.56. The average Bonchev–Trinajstić information content (AvgIpc) is 2.81. The number of fused-ring (bicyclic) bond motifs is 1. The number of halogens is 1. The zero-order chi connectivity index (χ0) is 13.2. The first-order valence-electron chi connectivity index (χ1n) is 6.08. The average molecular weight is 317 g/mol. The van der Waals surface area contributed by atoms with Crippen LogP contribution in [0.3, 0.4) is 0 Å². The van der Waals surface area contributed by atoms with Gasteiger partial charge in [0.2, 0.25) is 0 Å². The van der Waals surface area contributed by atoms with E-state index in [1.807, 2.05) is 43.3 Å². The normalized spacial score (nSPS) is 10.8. The molecule has 1 heterocycles. The summed E-state index contributed by atoms with van der Waals surface area (Å²) in [6.45, 7) is 2.55. The maximum absolute atomic E-state index is 5.79. The molecule has 2 nitrogen and oxygen atoms in total. The van der Waals surface area contributed by atoms with Gasteiger partial charge in [-0.2, -0.15) is 0 Å². The van der Waals surface area contributed by atoms with Gasteiger partial charge in [0.25, 0.3) is 0 Å². The van der Waals surface area contributed by atoms with Crippen LogP contribution in [0.25, 0.3) is 11.0 Å². The smallest absolute Gasteiger partial charge is 0.137 e. The molecule has 0 radical (unpaired) electrons. The van der Waals surface area contributed by atoms with Crippen molar-refractivity contribution in [1.29, 1.82) is 0 Å². The lowest BCUT2D eigenvalue weighted by Gasteiger charge is -2.05. The lowest BCUT2D eigenvalue weighted by atomic mass is 10.1. The standard InChI is InChI=1S/C16H13BrO2/c1-11-4-2-7-15-12(10-19-16(11)15)9-18-14-6-3-5-13(17)8-14/h2-8,10H,9H2,1H3. The van der Waals surface area contributed by atoms with E-state index in [9.17, 15) is 0 Å². The molecule has 19 heavy (non-hydrogen) atoms. The van der Waals surface area contributed by atoms with Gasteiger partial charge in [0.15, 0.2) is 0 Å². The SMILES string of the molecule is Cc1cccc2c(COc3cccc(Br)c3)coc12. The van der Waals surface area contributed by atoms with Crippen LogP contribution in [0.5, 0.6) is 5.75 Å². The van der Waals surface area contributed by atoms with Crippen molar-refractivity contribution in [2.24, 2.45) is 0 Å². The number of furan rings is 1. The van der Waals surface area contributed by atoms with Crippen LogP contribution in [0.2, 0.25) is 0 Å². The summed E-state index contributed by atoms with van der Waals surface area (Å²) < 4.78 is 12.4. The molecule has 0 aliphatic rings. The van der Waals surface area contributed by atoms with E-state index in [2.05, 4.69) is 22.0 Å². The first-order chi connectivity index (χ1) is 9.24. The fraction of sp³-hybridized carbons (Fsp3) is 0.125. The molecule has 0 atom stereocenters. The molecular weight excluding hydrogens is 304 g/mol. The van der Waals surface area contributed by atoms with Gasteiger partial charge in [-0.15, -0.1) is 0 Å². The number of hydrogen-bond donors (Lipinski definition) is 0. The second-order valence-electron chi connectivity index (χ2n) is 4.46. The van der Waals surface area contributed by atoms with Crippen LogP contribution in [0.4, 0.5) is 0 Å². The third-order valence-electron chi connectivity index (χ3n) is 3.07. The van der Waals surface area contributed by atoms with Gasteiger partial charge in [0.1, 0.15) is 17.9 Å². The van der Waals surface area contributed by atoms with E-state index in [0.29, 0.717) is 6.61 Å². The van der Waals surface area contributed by atoms with Crippen molar-refractivity contribution in [3.63, 3.8) is 0 Å². The van der Waals surface area contributed by atoms with Crippen molar-refractivity contribution in [3.8, 4) is 5.75 Å². The number of rotatable bonds is 3. The van der Waals surface area contributed by atoms with E-state index < -0.39 is 0 Å². The summed E-state index contributed by atoms with van der Waals surface area (Å²) in [5.74, 6) is 0.844. The van der Waals surface area contributed by atoms with Gasteiger partial charge in [-0.25, -0.2) is 0 Å². The lowest BCUT2D eigenvalue weighted by Crippen LogP contribution is -1.94. The minimum atomic E-state index is 0.507. The molecule has 0 amide bonds. The number of para-hydroxylation sites is 1. The Morgan fingerprint density at radius 3 is 2.84 bits per heavy atom. The number of aryl methyl sites for hydroxylation is 1. The summed E-state index contributed by atoms with van der Waals surface area (Å²) >= 11 is 3.43. The zero-order valence-electron chi connectivity index (χ0n) is 10.5. The summed E-state index contributed by atoms with van der Waals surface area (Å²) in [5.41, 5.74) is 3.15. The fourth-order valence-electron chi connectivity index (χ4n) is 2.08. The molecule has 0 N–H and O–H groups in total. The zero-order valence-corrected chi connectivity index (χ0v) is 12.1. The maximum atomic E-state index is 5.79. The summed E-state index contributed by atoms with van der Waals surface area (Å²) in [7, 11) is 0. The van der Waals surface area contributed by atoms with E-state index in [1.54, 1.807) is 6.26 Å². The molecule has 0 aliphatic heterocycles. The van der Waals surface area contributed by atoms with Crippen molar-refractivity contribution < 1.29 is 9.15 Å². The quantitative estimate of drug-likeness (QED) is 0.672. The highest BCUT2D eigenvalue weighted by Crippen LogP contribution is 2.26. The van der Waals surface area contributed by atoms with Crippen molar-refractivity contribution in [2.45, 2.75) is 13.5 Å². The van der Waals surface area contributed by atoms with Crippen molar-refractivity contribution in [1.82, 2.24) is 0 Å². The predicted molar refractivity (Wildman–Crippen MR) is 79.4 cm³/mol. The highest BCUT2D eigenvalue weighted by atomic mass is 79.9. The van der Waals surface area contributed by atoms with E-state index >= 15 is 0 Å². The molecular formula is C16H13BrO2. The molecule has 0 aliphatic carbocycles. The van der Waals surface area contributed by atoms with E-state index in [-0.39, 0.29) is 0 Å². The van der Waals surface area contributed by atoms with Crippen LogP contribution >= 0.6 is 15.9 Å². The molecule has 0 saturated carbocycles. The Hall–Kier alpha value is -1.74. The molecule has 3 heteroatoms. The number of hydrogen-bond acceptors (Lipinski definition) is 2. The second-order valence-corrected chi connectivity index (χ2v) is 5.37. The summed E-state index contributed by atoms with van der Waals surface area (Å²) in [4.78, 5) is 0. The number of ether oxygens (including phenoxy) is 1. The van der Waals surface area contributed by atoms with Gasteiger partial charge in [0, 0.05) is 15.4 Å². The Kier molecular flexibility index (Phi) is 3.30. The van der Waals surface area contributed by atoms with Crippen LogP contribution in [0.15, 0.2) is 57.6 Å². The topological polar surface area (TPSA) is 22.4 Å². The molecule has 96 valence electrons. The molecule has 0 spiro atoms. The molecule has 3 rings (SSSR count). The Balaban J connectivity index is 1.84. The summed E-state index contributed by atoms with van der Waals surface area (Å²) in [6.07, 6.45) is 1.77. The van der Waals surface area contributed by atoms with E-state index in [1.165, 1.54) is 0 Å². The minimum Gasteiger partial charge on any atom is -0.489 e. The van der Waals surface area contributed by atoms with Gasteiger partial charge in [0.05, 0.1) is 6.26 Å². The van der Waals surface area contributed by atoms with E-state index in [0.717, 1.165) is 32.3 Å². The van der Waals surface area contributed by atoms with Gasteiger partial charge in [-0.05, 0) is 30.7 Å². The molecule has 2 aromatic carbocycles. The van der Waals surface area contributed by atoms with Crippen LogP contribution in [-0.2, 0) is 6.61 Å². The highest BCUT2D eigenvalue weighted by Gasteiger charge is 2.08.